The van der Waals surface area contributed by atoms with Crippen molar-refractivity contribution in [2.24, 2.45) is 0 Å². The van der Waals surface area contributed by atoms with E-state index in [1.807, 2.05) is 24.3 Å². The summed E-state index contributed by atoms with van der Waals surface area (Å²) in [5.74, 6) is 1.41. The number of anilines is 1. The van der Waals surface area contributed by atoms with Crippen LogP contribution in [0.2, 0.25) is 0 Å². The standard InChI is InChI=1S/C15H20N4S/c1-10-7-19(8-11(2)20-10)9-14-17-13-6-4-3-5-12(13)15(16)18-14/h3-6,10-11H,7-9H2,1-2H3,(H2,16,17,18)/t10-,11+. The van der Waals surface area contributed by atoms with E-state index in [2.05, 4.69) is 40.5 Å². The average molecular weight is 288 g/mol. The summed E-state index contributed by atoms with van der Waals surface area (Å²) in [4.78, 5) is 11.5. The molecule has 2 heterocycles. The van der Waals surface area contributed by atoms with Crippen LogP contribution < -0.4 is 5.73 Å². The molecule has 0 radical (unpaired) electrons. The number of aromatic nitrogens is 2. The lowest BCUT2D eigenvalue weighted by molar-refractivity contribution is 0.257. The fraction of sp³-hybridized carbons (Fsp3) is 0.467. The molecule has 3 rings (SSSR count). The Balaban J connectivity index is 1.84. The quantitative estimate of drug-likeness (QED) is 0.920. The van der Waals surface area contributed by atoms with Gasteiger partial charge in [-0.05, 0) is 12.1 Å². The van der Waals surface area contributed by atoms with Gasteiger partial charge in [-0.15, -0.1) is 0 Å². The third-order valence-electron chi connectivity index (χ3n) is 3.54. The van der Waals surface area contributed by atoms with Crippen molar-refractivity contribution in [3.05, 3.63) is 30.1 Å². The number of nitrogens with zero attached hydrogens (tertiary/aromatic N) is 3. The van der Waals surface area contributed by atoms with Gasteiger partial charge < -0.3 is 5.73 Å². The molecule has 1 aromatic heterocycles. The molecular formula is C15H20N4S. The number of nitrogen functional groups attached to an aromatic ring is 1. The van der Waals surface area contributed by atoms with E-state index in [9.17, 15) is 0 Å². The summed E-state index contributed by atoms with van der Waals surface area (Å²) in [5, 5.41) is 2.26. The second-order valence-electron chi connectivity index (χ2n) is 5.49. The van der Waals surface area contributed by atoms with Gasteiger partial charge in [0, 0.05) is 29.0 Å². The highest BCUT2D eigenvalue weighted by Crippen LogP contribution is 2.26. The molecule has 1 aromatic carbocycles. The molecule has 1 aliphatic rings. The Morgan fingerprint density at radius 3 is 2.65 bits per heavy atom. The highest BCUT2D eigenvalue weighted by molar-refractivity contribution is 8.00. The van der Waals surface area contributed by atoms with Crippen LogP contribution in [0.5, 0.6) is 0 Å². The number of rotatable bonds is 2. The van der Waals surface area contributed by atoms with E-state index in [1.54, 1.807) is 0 Å². The Hall–Kier alpha value is -1.33. The Bertz CT molecular complexity index is 606. The highest BCUT2D eigenvalue weighted by atomic mass is 32.2. The number of nitrogens with two attached hydrogens (primary N) is 1. The van der Waals surface area contributed by atoms with Crippen LogP contribution >= 0.6 is 11.8 Å². The molecule has 0 saturated carbocycles. The molecule has 2 aromatic rings. The van der Waals surface area contributed by atoms with E-state index in [0.717, 1.165) is 36.4 Å². The van der Waals surface area contributed by atoms with Gasteiger partial charge >= 0.3 is 0 Å². The van der Waals surface area contributed by atoms with Crippen molar-refractivity contribution in [2.45, 2.75) is 30.9 Å². The summed E-state index contributed by atoms with van der Waals surface area (Å²) < 4.78 is 0. The first-order valence-corrected chi connectivity index (χ1v) is 7.95. The first-order chi connectivity index (χ1) is 9.61. The van der Waals surface area contributed by atoms with Crippen LogP contribution in [-0.2, 0) is 6.54 Å². The van der Waals surface area contributed by atoms with Crippen LogP contribution in [0.4, 0.5) is 5.82 Å². The zero-order chi connectivity index (χ0) is 14.1. The number of benzene rings is 1. The van der Waals surface area contributed by atoms with Gasteiger partial charge in [-0.2, -0.15) is 11.8 Å². The number of fused-ring (bicyclic) bond motifs is 1. The topological polar surface area (TPSA) is 55.0 Å². The normalized spacial score (nSPS) is 24.1. The van der Waals surface area contributed by atoms with Crippen molar-refractivity contribution >= 4 is 28.5 Å². The molecule has 1 aliphatic heterocycles. The van der Waals surface area contributed by atoms with Crippen molar-refractivity contribution in [2.75, 3.05) is 18.8 Å². The minimum atomic E-state index is 0.582. The zero-order valence-corrected chi connectivity index (χ0v) is 12.7. The molecule has 106 valence electrons. The predicted octanol–water partition coefficient (Wildman–Crippen LogP) is 2.54. The van der Waals surface area contributed by atoms with Crippen molar-refractivity contribution in [3.8, 4) is 0 Å². The van der Waals surface area contributed by atoms with Gasteiger partial charge in [0.05, 0.1) is 12.1 Å². The molecule has 20 heavy (non-hydrogen) atoms. The van der Waals surface area contributed by atoms with Crippen LogP contribution in [0.1, 0.15) is 19.7 Å². The summed E-state index contributed by atoms with van der Waals surface area (Å²) in [6.45, 7) is 7.52. The van der Waals surface area contributed by atoms with Gasteiger partial charge in [0.15, 0.2) is 0 Å². The molecule has 0 bridgehead atoms. The van der Waals surface area contributed by atoms with Gasteiger partial charge in [-0.3, -0.25) is 4.90 Å². The van der Waals surface area contributed by atoms with Gasteiger partial charge in [-0.1, -0.05) is 26.0 Å². The SMILES string of the molecule is C[C@@H]1CN(Cc2nc(N)c3ccccc3n2)C[C@H](C)S1. The largest absolute Gasteiger partial charge is 0.383 e. The maximum atomic E-state index is 6.04. The van der Waals surface area contributed by atoms with Crippen LogP contribution in [0.3, 0.4) is 0 Å². The summed E-state index contributed by atoms with van der Waals surface area (Å²) in [5.41, 5.74) is 6.98. The molecule has 1 saturated heterocycles. The van der Waals surface area contributed by atoms with Crippen molar-refractivity contribution in [3.63, 3.8) is 0 Å². The van der Waals surface area contributed by atoms with E-state index in [4.69, 9.17) is 5.73 Å². The number of hydrogen-bond acceptors (Lipinski definition) is 5. The molecule has 2 N–H and O–H groups in total. The van der Waals surface area contributed by atoms with Gasteiger partial charge in [-0.25, -0.2) is 9.97 Å². The molecule has 0 unspecified atom stereocenters. The molecule has 0 aliphatic carbocycles. The monoisotopic (exact) mass is 288 g/mol. The van der Waals surface area contributed by atoms with Crippen molar-refractivity contribution in [1.29, 1.82) is 0 Å². The zero-order valence-electron chi connectivity index (χ0n) is 11.9. The molecular weight excluding hydrogens is 268 g/mol. The molecule has 1 fully saturated rings. The van der Waals surface area contributed by atoms with Crippen LogP contribution in [-0.4, -0.2) is 38.5 Å². The van der Waals surface area contributed by atoms with Crippen LogP contribution in [0.25, 0.3) is 10.9 Å². The summed E-state index contributed by atoms with van der Waals surface area (Å²) in [6.07, 6.45) is 0. The maximum Gasteiger partial charge on any atom is 0.145 e. The molecule has 5 heteroatoms. The Morgan fingerprint density at radius 1 is 1.20 bits per heavy atom. The van der Waals surface area contributed by atoms with Crippen molar-refractivity contribution in [1.82, 2.24) is 14.9 Å². The molecule has 0 spiro atoms. The Kier molecular flexibility index (Phi) is 3.81. The van der Waals surface area contributed by atoms with E-state index >= 15 is 0 Å². The minimum absolute atomic E-state index is 0.582. The maximum absolute atomic E-state index is 6.04. The average Bonchev–Trinajstić information content (AvgIpc) is 2.37. The van der Waals surface area contributed by atoms with Crippen LogP contribution in [0, 0.1) is 0 Å². The third kappa shape index (κ3) is 2.88. The van der Waals surface area contributed by atoms with Crippen molar-refractivity contribution < 1.29 is 0 Å². The van der Waals surface area contributed by atoms with Crippen LogP contribution in [0.15, 0.2) is 24.3 Å². The van der Waals surface area contributed by atoms with Gasteiger partial charge in [0.2, 0.25) is 0 Å². The fourth-order valence-corrected chi connectivity index (χ4v) is 4.22. The molecule has 0 amide bonds. The second kappa shape index (κ2) is 5.58. The van der Waals surface area contributed by atoms with Gasteiger partial charge in [0.1, 0.15) is 11.6 Å². The first kappa shape index (κ1) is 13.6. The summed E-state index contributed by atoms with van der Waals surface area (Å²) in [7, 11) is 0. The fourth-order valence-electron chi connectivity index (χ4n) is 2.84. The second-order valence-corrected chi connectivity index (χ2v) is 7.38. The third-order valence-corrected chi connectivity index (χ3v) is 4.77. The lowest BCUT2D eigenvalue weighted by atomic mass is 10.2. The predicted molar refractivity (Wildman–Crippen MR) is 85.7 cm³/mol. The number of thioether (sulfide) groups is 1. The number of hydrogen-bond donors (Lipinski definition) is 1. The van der Waals surface area contributed by atoms with E-state index in [-0.39, 0.29) is 0 Å². The lowest BCUT2D eigenvalue weighted by Gasteiger charge is -2.34. The molecule has 4 nitrogen and oxygen atoms in total. The Morgan fingerprint density at radius 2 is 1.90 bits per heavy atom. The summed E-state index contributed by atoms with van der Waals surface area (Å²) in [6, 6.07) is 7.91. The van der Waals surface area contributed by atoms with Gasteiger partial charge in [0.25, 0.3) is 0 Å². The smallest absolute Gasteiger partial charge is 0.145 e. The highest BCUT2D eigenvalue weighted by Gasteiger charge is 2.23. The summed E-state index contributed by atoms with van der Waals surface area (Å²) >= 11 is 2.05. The first-order valence-electron chi connectivity index (χ1n) is 7.01. The van der Waals surface area contributed by atoms with E-state index < -0.39 is 0 Å². The lowest BCUT2D eigenvalue weighted by Crippen LogP contribution is -2.40. The van der Waals surface area contributed by atoms with E-state index in [0.29, 0.717) is 16.3 Å². The number of para-hydroxylation sites is 1. The Labute approximate surface area is 123 Å². The van der Waals surface area contributed by atoms with E-state index in [1.165, 1.54) is 0 Å². The minimum Gasteiger partial charge on any atom is -0.383 e. The molecule has 2 atom stereocenters.